The van der Waals surface area contributed by atoms with E-state index >= 15 is 0 Å². The number of rotatable bonds is 2. The van der Waals surface area contributed by atoms with Crippen LogP contribution in [-0.2, 0) is 0 Å². The molecule has 0 aromatic heterocycles. The molecule has 0 fully saturated rings. The summed E-state index contributed by atoms with van der Waals surface area (Å²) in [6.45, 7) is 2.22. The maximum atomic E-state index is 2.25. The molecule has 0 radical (unpaired) electrons. The molecule has 0 rings (SSSR count). The molecule has 0 aromatic rings. The number of hydrogen-bond acceptors (Lipinski definition) is 0. The third kappa shape index (κ3) is 5.19. The van der Waals surface area contributed by atoms with Crippen LogP contribution in [0.3, 0.4) is 0 Å². The third-order valence-corrected chi connectivity index (χ3v) is 0.866. The Balaban J connectivity index is 2.63. The van der Waals surface area contributed by atoms with Crippen molar-refractivity contribution < 1.29 is 0 Å². The second-order valence-electron chi connectivity index (χ2n) is 2.18. The first kappa shape index (κ1) is 7.19. The van der Waals surface area contributed by atoms with Crippen molar-refractivity contribution in [3.63, 3.8) is 0 Å². The summed E-state index contributed by atoms with van der Waals surface area (Å²) in [6, 6.07) is 0. The topological polar surface area (TPSA) is 0 Å². The molecule has 0 aliphatic heterocycles. The summed E-state index contributed by atoms with van der Waals surface area (Å²) in [5.74, 6) is 0. The van der Waals surface area contributed by atoms with Gasteiger partial charge in [0.15, 0.2) is 0 Å². The van der Waals surface area contributed by atoms with Crippen LogP contribution in [0.15, 0.2) is 0 Å². The molecule has 0 unspecified atom stereocenters. The van der Waals surface area contributed by atoms with Crippen LogP contribution in [0, 0.1) is 0 Å². The molecular weight excluding hydrogens is 61.9 g/mol. The van der Waals surface area contributed by atoms with Gasteiger partial charge in [-0.2, -0.15) is 0 Å². The van der Waals surface area contributed by atoms with Gasteiger partial charge in [0.05, 0.1) is 0 Å². The quantitative estimate of drug-likeness (QED) is 0.423. The van der Waals surface area contributed by atoms with Crippen molar-refractivity contribution in [3.8, 4) is 0 Å². The molecule has 0 atom stereocenters. The molecule has 0 saturated carbocycles. The predicted molar refractivity (Wildman–Crippen MR) is 30.2 cm³/mol. The average molecular weight is 70.0 g/mol. The first-order valence-corrected chi connectivity index (χ1v) is 2.77. The Labute approximate surface area is 58.5 Å². The van der Waals surface area contributed by atoms with Crippen LogP contribution < -0.4 is 0 Å². The summed E-state index contributed by atoms with van der Waals surface area (Å²) in [4.78, 5) is 0. The van der Waals surface area contributed by atoms with Crippen molar-refractivity contribution in [2.45, 2.75) is 23.0 Å². The van der Waals surface area contributed by atoms with E-state index < -0.39 is 0 Å². The summed E-state index contributed by atoms with van der Waals surface area (Å²) in [5, 5.41) is 0. The molecule has 0 spiro atoms. The van der Waals surface area contributed by atoms with Gasteiger partial charge in [0.1, 0.15) is 0 Å². The van der Waals surface area contributed by atoms with E-state index in [-0.39, 0.29) is 0 Å². The van der Waals surface area contributed by atoms with Crippen molar-refractivity contribution in [1.82, 2.24) is 0 Å². The molecule has 26 valence electrons. The summed E-state index contributed by atoms with van der Waals surface area (Å²) in [7, 11) is 0. The summed E-state index contributed by atoms with van der Waals surface area (Å²) < 4.78 is 0.898. The van der Waals surface area contributed by atoms with Crippen LogP contribution >= 0.6 is 0 Å². The SMILES string of the molecule is [Li][CH]([Li])CCC. The van der Waals surface area contributed by atoms with Gasteiger partial charge in [0, 0.05) is 0 Å². The van der Waals surface area contributed by atoms with E-state index in [2.05, 4.69) is 42.4 Å². The van der Waals surface area contributed by atoms with Crippen molar-refractivity contribution >= 4 is 35.4 Å². The molecule has 0 aliphatic rings. The molecule has 0 nitrogen and oxygen atoms in total. The van der Waals surface area contributed by atoms with Gasteiger partial charge in [-0.25, -0.2) is 0 Å². The van der Waals surface area contributed by atoms with Crippen molar-refractivity contribution in [2.75, 3.05) is 0 Å². The van der Waals surface area contributed by atoms with E-state index in [0.717, 1.165) is 3.26 Å². The Hall–Kier alpha value is 1.19. The third-order valence-electron chi connectivity index (χ3n) is 0.866. The average Bonchev–Trinajstić information content (AvgIpc) is 1.35. The zero-order valence-electron chi connectivity index (χ0n) is 4.99. The van der Waals surface area contributed by atoms with Crippen LogP contribution in [0.25, 0.3) is 0 Å². The molecule has 0 bridgehead atoms. The Morgan fingerprint density at radius 2 is 2.00 bits per heavy atom. The standard InChI is InChI=1S/C4H8.2Li/c1-3-4-2;;/h1H,3-4H2,2H3;;. The van der Waals surface area contributed by atoms with Crippen LogP contribution in [0.2, 0.25) is 3.26 Å². The van der Waals surface area contributed by atoms with Crippen molar-refractivity contribution in [2.24, 2.45) is 0 Å². The van der Waals surface area contributed by atoms with E-state index in [1.54, 1.807) is 0 Å². The molecule has 0 aromatic carbocycles. The fraction of sp³-hybridized carbons (Fsp3) is 1.00. The summed E-state index contributed by atoms with van der Waals surface area (Å²) >= 11 is 4.51. The van der Waals surface area contributed by atoms with Gasteiger partial charge in [-0.3, -0.25) is 0 Å². The van der Waals surface area contributed by atoms with Crippen molar-refractivity contribution in [1.29, 1.82) is 0 Å². The fourth-order valence-corrected chi connectivity index (χ4v) is 0.577. The number of hydrogen-bond donors (Lipinski definition) is 0. The molecule has 0 amide bonds. The minimum absolute atomic E-state index is 0.898. The fourth-order valence-electron chi connectivity index (χ4n) is 0.577. The molecule has 0 aliphatic carbocycles. The second-order valence-corrected chi connectivity index (χ2v) is 2.18. The Morgan fingerprint density at radius 1 is 1.50 bits per heavy atom. The summed E-state index contributed by atoms with van der Waals surface area (Å²) in [5.41, 5.74) is 0. The molecular formula is C4H8Li2. The molecule has 2 heteroatoms. The Morgan fingerprint density at radius 3 is 2.00 bits per heavy atom. The monoisotopic (exact) mass is 70.1 g/mol. The van der Waals surface area contributed by atoms with Gasteiger partial charge in [-0.15, -0.1) is 0 Å². The van der Waals surface area contributed by atoms with Gasteiger partial charge in [0.2, 0.25) is 0 Å². The zero-order chi connectivity index (χ0) is 4.99. The van der Waals surface area contributed by atoms with E-state index in [1.807, 2.05) is 0 Å². The van der Waals surface area contributed by atoms with E-state index in [1.165, 1.54) is 12.8 Å². The van der Waals surface area contributed by atoms with Crippen LogP contribution in [0.1, 0.15) is 19.8 Å². The maximum absolute atomic E-state index is 2.25. The van der Waals surface area contributed by atoms with Gasteiger partial charge >= 0.3 is 58.5 Å². The normalized spacial score (nSPS) is 10.3. The molecule has 0 saturated heterocycles. The van der Waals surface area contributed by atoms with Gasteiger partial charge in [-0.05, 0) is 0 Å². The molecule has 0 heterocycles. The summed E-state index contributed by atoms with van der Waals surface area (Å²) in [6.07, 6.45) is 2.71. The van der Waals surface area contributed by atoms with E-state index in [4.69, 9.17) is 0 Å². The zero-order valence-corrected chi connectivity index (χ0v) is 4.99. The predicted octanol–water partition coefficient (Wildman–Crippen LogP) is 0.869. The minimum atomic E-state index is 0.898. The van der Waals surface area contributed by atoms with Gasteiger partial charge < -0.3 is 0 Å². The Bertz CT molecular complexity index is 26.7. The van der Waals surface area contributed by atoms with E-state index in [9.17, 15) is 0 Å². The van der Waals surface area contributed by atoms with Crippen LogP contribution in [0.5, 0.6) is 0 Å². The van der Waals surface area contributed by atoms with Crippen LogP contribution in [-0.4, -0.2) is 35.4 Å². The van der Waals surface area contributed by atoms with Gasteiger partial charge in [0.25, 0.3) is 0 Å². The molecule has 0 N–H and O–H groups in total. The molecule has 6 heavy (non-hydrogen) atoms. The van der Waals surface area contributed by atoms with E-state index in [0.29, 0.717) is 0 Å². The first-order valence-electron chi connectivity index (χ1n) is 2.77. The Kier molecular flexibility index (Phi) is 5.22. The second kappa shape index (κ2) is 4.36. The first-order chi connectivity index (χ1) is 2.77. The van der Waals surface area contributed by atoms with Gasteiger partial charge in [-0.1, -0.05) is 0 Å². The van der Waals surface area contributed by atoms with Crippen LogP contribution in [0.4, 0.5) is 0 Å². The van der Waals surface area contributed by atoms with Crippen molar-refractivity contribution in [3.05, 3.63) is 0 Å².